The Morgan fingerprint density at radius 3 is 2.14 bits per heavy atom. The van der Waals surface area contributed by atoms with Crippen molar-refractivity contribution >= 4 is 11.6 Å². The number of amides is 1. The van der Waals surface area contributed by atoms with Crippen molar-refractivity contribution in [3.05, 3.63) is 101 Å². The average Bonchev–Trinajstić information content (AvgIpc) is 3.27. The van der Waals surface area contributed by atoms with Crippen molar-refractivity contribution in [3.63, 3.8) is 0 Å². The van der Waals surface area contributed by atoms with Crippen LogP contribution >= 0.6 is 0 Å². The lowest BCUT2D eigenvalue weighted by atomic mass is 10.0. The summed E-state index contributed by atoms with van der Waals surface area (Å²) in [6, 6.07) is 9.62. The van der Waals surface area contributed by atoms with E-state index in [1.165, 1.54) is 53.3 Å². The molecule has 14 heteroatoms. The van der Waals surface area contributed by atoms with Crippen LogP contribution in [-0.2, 0) is 17.1 Å². The lowest BCUT2D eigenvalue weighted by Gasteiger charge is -2.29. The van der Waals surface area contributed by atoms with Crippen LogP contribution in [0.5, 0.6) is 5.75 Å². The van der Waals surface area contributed by atoms with Crippen molar-refractivity contribution in [2.45, 2.75) is 37.5 Å². The lowest BCUT2D eigenvalue weighted by molar-refractivity contribution is -0.153. The van der Waals surface area contributed by atoms with Gasteiger partial charge in [-0.1, -0.05) is 18.2 Å². The second-order valence-corrected chi connectivity index (χ2v) is 9.45. The van der Waals surface area contributed by atoms with E-state index in [-0.39, 0.29) is 17.1 Å². The van der Waals surface area contributed by atoms with Gasteiger partial charge in [-0.2, -0.15) is 39.5 Å². The Hall–Kier alpha value is -4.23. The summed E-state index contributed by atoms with van der Waals surface area (Å²) >= 11 is 0. The van der Waals surface area contributed by atoms with Gasteiger partial charge < -0.3 is 9.64 Å². The molecule has 1 aromatic heterocycles. The molecule has 2 aromatic carbocycles. The molecule has 0 aliphatic carbocycles. The molecular weight excluding hydrogens is 581 g/mol. The first-order chi connectivity index (χ1) is 19.5. The molecule has 0 spiro atoms. The topological polar surface area (TPSA) is 45.7 Å². The first kappa shape index (κ1) is 30.7. The molecule has 0 saturated heterocycles. The van der Waals surface area contributed by atoms with Gasteiger partial charge in [0.1, 0.15) is 17.1 Å². The molecule has 1 amide bonds. The molecule has 5 nitrogen and oxygen atoms in total. The van der Waals surface area contributed by atoms with Gasteiger partial charge in [-0.05, 0) is 66.6 Å². The summed E-state index contributed by atoms with van der Waals surface area (Å²) in [6.45, 7) is 0.0466. The molecule has 0 radical (unpaired) electrons. The quantitative estimate of drug-likeness (QED) is 0.260. The van der Waals surface area contributed by atoms with E-state index in [0.717, 1.165) is 36.5 Å². The van der Waals surface area contributed by atoms with Crippen LogP contribution in [0.2, 0.25) is 0 Å². The van der Waals surface area contributed by atoms with Crippen molar-refractivity contribution in [1.29, 1.82) is 0 Å². The zero-order chi connectivity index (χ0) is 31.0. The minimum absolute atomic E-state index is 0.0499. The summed E-state index contributed by atoms with van der Waals surface area (Å²) in [6.07, 6.45) is -11.4. The number of nitrogens with zero attached hydrogens (tertiary/aromatic N) is 3. The van der Waals surface area contributed by atoms with Gasteiger partial charge in [0.2, 0.25) is 0 Å². The Kier molecular flexibility index (Phi) is 8.20. The molecule has 1 aliphatic rings. The molecule has 2 atom stereocenters. The summed E-state index contributed by atoms with van der Waals surface area (Å²) in [5.41, 5.74) is -1.29. The second-order valence-electron chi connectivity index (χ2n) is 9.45. The lowest BCUT2D eigenvalue weighted by Crippen LogP contribution is -2.34. The highest BCUT2D eigenvalue weighted by atomic mass is 19.4. The highest BCUT2D eigenvalue weighted by molar-refractivity contribution is 6.08. The van der Waals surface area contributed by atoms with Crippen LogP contribution in [-0.4, -0.2) is 35.6 Å². The number of hydrogen-bond acceptors (Lipinski definition) is 4. The number of ether oxygens (including phenoxy) is 1. The molecule has 1 unspecified atom stereocenters. The van der Waals surface area contributed by atoms with Gasteiger partial charge in [-0.25, -0.2) is 0 Å². The minimum atomic E-state index is -4.65. The van der Waals surface area contributed by atoms with E-state index in [9.17, 15) is 44.3 Å². The maximum Gasteiger partial charge on any atom is 0.433 e. The van der Waals surface area contributed by atoms with Gasteiger partial charge in [0.15, 0.2) is 6.61 Å². The maximum atomic E-state index is 13.7. The van der Waals surface area contributed by atoms with Crippen molar-refractivity contribution < 1.29 is 49.0 Å². The third kappa shape index (κ3) is 6.80. The normalized spacial score (nSPS) is 16.8. The van der Waals surface area contributed by atoms with Gasteiger partial charge in [0.05, 0.1) is 17.6 Å². The standard InChI is InChI=1S/C28H22F9N3O2/c1-16(18-6-11-24(38-14-18)28(35,36)37)39(2)23-13-22(17-4-3-5-21(12-17)42-15-26(29,30)31)40(25(23)41)20-9-7-19(8-10-20)27(32,33)34/h3-14,16,22H,15H2,1-2H3/t16?,22-/m1/s1. The van der Waals surface area contributed by atoms with Crippen LogP contribution in [0.25, 0.3) is 0 Å². The number of carbonyl (C=O) groups is 1. The van der Waals surface area contributed by atoms with Gasteiger partial charge in [0.25, 0.3) is 5.91 Å². The molecule has 0 saturated carbocycles. The number of benzene rings is 2. The average molecular weight is 603 g/mol. The van der Waals surface area contributed by atoms with E-state index < -0.39 is 54.4 Å². The zero-order valence-corrected chi connectivity index (χ0v) is 21.8. The van der Waals surface area contributed by atoms with Crippen LogP contribution in [0.1, 0.15) is 41.4 Å². The number of pyridine rings is 1. The maximum absolute atomic E-state index is 13.7. The number of halogens is 9. The number of hydrogen-bond donors (Lipinski definition) is 0. The molecule has 0 N–H and O–H groups in total. The summed E-state index contributed by atoms with van der Waals surface area (Å²) in [5, 5.41) is 0. The Morgan fingerprint density at radius 1 is 0.929 bits per heavy atom. The Labute approximate surface area is 233 Å². The van der Waals surface area contributed by atoms with Crippen LogP contribution in [0.15, 0.2) is 78.6 Å². The van der Waals surface area contributed by atoms with Gasteiger partial charge in [-0.15, -0.1) is 0 Å². The summed E-state index contributed by atoms with van der Waals surface area (Å²) in [4.78, 5) is 19.8. The smallest absolute Gasteiger partial charge is 0.433 e. The predicted octanol–water partition coefficient (Wildman–Crippen LogP) is 7.73. The van der Waals surface area contributed by atoms with Gasteiger partial charge >= 0.3 is 18.5 Å². The Morgan fingerprint density at radius 2 is 1.60 bits per heavy atom. The highest BCUT2D eigenvalue weighted by Gasteiger charge is 2.39. The number of alkyl halides is 9. The molecule has 0 fully saturated rings. The van der Waals surface area contributed by atoms with Crippen molar-refractivity contribution in [1.82, 2.24) is 9.88 Å². The van der Waals surface area contributed by atoms with E-state index in [1.54, 1.807) is 6.92 Å². The van der Waals surface area contributed by atoms with Gasteiger partial charge in [0, 0.05) is 18.9 Å². The van der Waals surface area contributed by atoms with Crippen LogP contribution in [0, 0.1) is 0 Å². The predicted molar refractivity (Wildman–Crippen MR) is 133 cm³/mol. The second kappa shape index (κ2) is 11.2. The van der Waals surface area contributed by atoms with E-state index in [4.69, 9.17) is 4.74 Å². The monoisotopic (exact) mass is 603 g/mol. The Balaban J connectivity index is 1.71. The molecule has 3 aromatic rings. The zero-order valence-electron chi connectivity index (χ0n) is 21.8. The molecule has 1 aliphatic heterocycles. The number of carbonyl (C=O) groups excluding carboxylic acids is 1. The number of aromatic nitrogens is 1. The molecule has 42 heavy (non-hydrogen) atoms. The van der Waals surface area contributed by atoms with E-state index in [0.29, 0.717) is 11.1 Å². The molecule has 0 bridgehead atoms. The SMILES string of the molecule is CC(c1ccc(C(F)(F)F)nc1)N(C)C1=C[C@H](c2cccc(OCC(F)(F)F)c2)N(c2ccc(C(F)(F)F)cc2)C1=O. The fraction of sp³-hybridized carbons (Fsp3) is 0.286. The number of anilines is 1. The Bertz CT molecular complexity index is 1450. The largest absolute Gasteiger partial charge is 0.484 e. The first-order valence-electron chi connectivity index (χ1n) is 12.2. The number of likely N-dealkylation sites (N-methyl/N-ethyl adjacent to an activating group) is 1. The summed E-state index contributed by atoms with van der Waals surface area (Å²) in [5.74, 6) is -0.806. The first-order valence-corrected chi connectivity index (χ1v) is 12.2. The molecule has 2 heterocycles. The fourth-order valence-electron chi connectivity index (χ4n) is 4.35. The highest BCUT2D eigenvalue weighted by Crippen LogP contribution is 2.40. The van der Waals surface area contributed by atoms with E-state index >= 15 is 0 Å². The van der Waals surface area contributed by atoms with Crippen molar-refractivity contribution in [2.24, 2.45) is 0 Å². The van der Waals surface area contributed by atoms with E-state index in [1.807, 2.05) is 0 Å². The van der Waals surface area contributed by atoms with Crippen molar-refractivity contribution in [2.75, 3.05) is 18.6 Å². The molecule has 4 rings (SSSR count). The summed E-state index contributed by atoms with van der Waals surface area (Å²) < 4.78 is 121. The molecule has 224 valence electrons. The van der Waals surface area contributed by atoms with Gasteiger partial charge in [-0.3, -0.25) is 14.7 Å². The minimum Gasteiger partial charge on any atom is -0.484 e. The summed E-state index contributed by atoms with van der Waals surface area (Å²) in [7, 11) is 1.50. The van der Waals surface area contributed by atoms with E-state index in [2.05, 4.69) is 4.98 Å². The third-order valence-corrected chi connectivity index (χ3v) is 6.63. The van der Waals surface area contributed by atoms with Crippen LogP contribution in [0.4, 0.5) is 45.2 Å². The number of rotatable bonds is 7. The van der Waals surface area contributed by atoms with Crippen molar-refractivity contribution in [3.8, 4) is 5.75 Å². The van der Waals surface area contributed by atoms with Crippen LogP contribution < -0.4 is 9.64 Å². The molecular formula is C28H22F9N3O2. The third-order valence-electron chi connectivity index (χ3n) is 6.63. The fourth-order valence-corrected chi connectivity index (χ4v) is 4.35. The van der Waals surface area contributed by atoms with Crippen LogP contribution in [0.3, 0.4) is 0 Å².